The van der Waals surface area contributed by atoms with Crippen molar-refractivity contribution in [2.75, 3.05) is 13.2 Å². The van der Waals surface area contributed by atoms with Crippen molar-refractivity contribution in [3.63, 3.8) is 0 Å². The Morgan fingerprint density at radius 3 is 2.88 bits per heavy atom. The second kappa shape index (κ2) is 7.57. The highest BCUT2D eigenvalue weighted by atomic mass is 19.3. The molecule has 0 aromatic carbocycles. The molecule has 6 nitrogen and oxygen atoms in total. The summed E-state index contributed by atoms with van der Waals surface area (Å²) in [5.74, 6) is 3.46. The Balaban J connectivity index is 1.77. The quantitative estimate of drug-likeness (QED) is 0.746. The van der Waals surface area contributed by atoms with E-state index in [1.807, 2.05) is 0 Å². The average molecular weight is 349 g/mol. The molecule has 1 unspecified atom stereocenters. The lowest BCUT2D eigenvalue weighted by Gasteiger charge is -2.32. The maximum Gasteiger partial charge on any atom is 0.272 e. The molecule has 3 rings (SSSR count). The molecule has 3 heterocycles. The van der Waals surface area contributed by atoms with Crippen molar-refractivity contribution in [2.24, 2.45) is 0 Å². The normalized spacial score (nSPS) is 20.4. The molecule has 1 aliphatic rings. The number of ether oxygens (including phenoxy) is 2. The van der Waals surface area contributed by atoms with Crippen LogP contribution >= 0.6 is 0 Å². The van der Waals surface area contributed by atoms with Crippen LogP contribution in [0.4, 0.5) is 8.78 Å². The summed E-state index contributed by atoms with van der Waals surface area (Å²) in [6.45, 7) is -0.0901. The minimum Gasteiger partial charge on any atom is -0.486 e. The number of halogens is 2. The number of rotatable bonds is 6. The fourth-order valence-electron chi connectivity index (χ4n) is 2.67. The van der Waals surface area contributed by atoms with Crippen LogP contribution in [-0.2, 0) is 10.3 Å². The SMILES string of the molecule is C#CCC1(c2nc(-c3ccc(OCC(F)F)cn3)no2)CCCCO1. The number of aromatic nitrogens is 3. The molecule has 0 bridgehead atoms. The van der Waals surface area contributed by atoms with Crippen LogP contribution in [0.3, 0.4) is 0 Å². The van der Waals surface area contributed by atoms with Gasteiger partial charge in [0.05, 0.1) is 6.20 Å². The first-order valence-corrected chi connectivity index (χ1v) is 7.92. The average Bonchev–Trinajstić information content (AvgIpc) is 3.12. The molecule has 1 fully saturated rings. The van der Waals surface area contributed by atoms with Crippen molar-refractivity contribution in [1.29, 1.82) is 0 Å². The second-order valence-electron chi connectivity index (χ2n) is 5.69. The van der Waals surface area contributed by atoms with Crippen LogP contribution in [0.2, 0.25) is 0 Å². The Morgan fingerprint density at radius 1 is 1.36 bits per heavy atom. The predicted molar refractivity (Wildman–Crippen MR) is 84.0 cm³/mol. The molecular weight excluding hydrogens is 332 g/mol. The first kappa shape index (κ1) is 17.3. The third-order valence-electron chi connectivity index (χ3n) is 3.90. The standard InChI is InChI=1S/C17H17F2N3O3/c1-2-7-17(8-3-4-9-24-17)16-21-15(22-25-16)13-6-5-12(10-20-13)23-11-14(18)19/h1,5-6,10,14H,3-4,7-9,11H2. The molecule has 0 amide bonds. The van der Waals surface area contributed by atoms with E-state index in [1.54, 1.807) is 6.07 Å². The number of pyridine rings is 1. The van der Waals surface area contributed by atoms with E-state index in [0.717, 1.165) is 12.8 Å². The van der Waals surface area contributed by atoms with E-state index in [2.05, 4.69) is 21.0 Å². The van der Waals surface area contributed by atoms with Crippen molar-refractivity contribution < 1.29 is 22.8 Å². The minimum atomic E-state index is -2.54. The lowest BCUT2D eigenvalue weighted by molar-refractivity contribution is -0.0991. The van der Waals surface area contributed by atoms with Gasteiger partial charge in [-0.15, -0.1) is 12.3 Å². The smallest absolute Gasteiger partial charge is 0.272 e. The third kappa shape index (κ3) is 3.94. The molecule has 25 heavy (non-hydrogen) atoms. The largest absolute Gasteiger partial charge is 0.486 e. The summed E-state index contributed by atoms with van der Waals surface area (Å²) in [6.07, 6.45) is 7.26. The zero-order valence-corrected chi connectivity index (χ0v) is 13.5. The Morgan fingerprint density at radius 2 is 2.24 bits per heavy atom. The topological polar surface area (TPSA) is 70.3 Å². The third-order valence-corrected chi connectivity index (χ3v) is 3.90. The van der Waals surface area contributed by atoms with E-state index in [4.69, 9.17) is 20.4 Å². The highest BCUT2D eigenvalue weighted by Crippen LogP contribution is 2.37. The molecule has 2 aromatic heterocycles. The molecule has 8 heteroatoms. The fourth-order valence-corrected chi connectivity index (χ4v) is 2.67. The van der Waals surface area contributed by atoms with Gasteiger partial charge in [-0.05, 0) is 31.4 Å². The van der Waals surface area contributed by atoms with Crippen molar-refractivity contribution in [3.8, 4) is 29.6 Å². The van der Waals surface area contributed by atoms with Crippen molar-refractivity contribution >= 4 is 0 Å². The molecule has 0 saturated carbocycles. The van der Waals surface area contributed by atoms with Gasteiger partial charge in [-0.3, -0.25) is 0 Å². The zero-order valence-electron chi connectivity index (χ0n) is 13.5. The second-order valence-corrected chi connectivity index (χ2v) is 5.69. The van der Waals surface area contributed by atoms with Crippen LogP contribution in [0.1, 0.15) is 31.6 Å². The number of terminal acetylenes is 1. The van der Waals surface area contributed by atoms with Gasteiger partial charge >= 0.3 is 0 Å². The summed E-state index contributed by atoms with van der Waals surface area (Å²) < 4.78 is 40.4. The summed E-state index contributed by atoms with van der Waals surface area (Å²) in [6, 6.07) is 3.10. The molecule has 132 valence electrons. The van der Waals surface area contributed by atoms with Crippen molar-refractivity contribution in [2.45, 2.75) is 37.7 Å². The molecule has 0 radical (unpaired) electrons. The van der Waals surface area contributed by atoms with Crippen LogP contribution in [0, 0.1) is 12.3 Å². The Bertz CT molecular complexity index is 734. The van der Waals surface area contributed by atoms with Crippen LogP contribution in [0.25, 0.3) is 11.5 Å². The summed E-state index contributed by atoms with van der Waals surface area (Å²) in [5, 5.41) is 3.93. The van der Waals surface area contributed by atoms with E-state index in [1.165, 1.54) is 12.3 Å². The van der Waals surface area contributed by atoms with E-state index in [-0.39, 0.29) is 11.6 Å². The molecule has 2 aromatic rings. The molecule has 1 atom stereocenters. The highest BCUT2D eigenvalue weighted by molar-refractivity contribution is 5.49. The van der Waals surface area contributed by atoms with E-state index in [0.29, 0.717) is 31.0 Å². The molecular formula is C17H17F2N3O3. The van der Waals surface area contributed by atoms with Gasteiger partial charge in [0, 0.05) is 13.0 Å². The molecule has 0 aliphatic carbocycles. The maximum absolute atomic E-state index is 12.1. The van der Waals surface area contributed by atoms with Crippen LogP contribution in [-0.4, -0.2) is 34.8 Å². The number of alkyl halides is 2. The van der Waals surface area contributed by atoms with Crippen LogP contribution < -0.4 is 4.74 Å². The Hall–Kier alpha value is -2.53. The Kier molecular flexibility index (Phi) is 5.24. The van der Waals surface area contributed by atoms with Gasteiger partial charge in [0.2, 0.25) is 5.82 Å². The number of hydrogen-bond acceptors (Lipinski definition) is 6. The summed E-state index contributed by atoms with van der Waals surface area (Å²) in [7, 11) is 0. The molecule has 1 saturated heterocycles. The molecule has 0 N–H and O–H groups in total. The lowest BCUT2D eigenvalue weighted by atomic mass is 9.90. The van der Waals surface area contributed by atoms with Gasteiger partial charge in [0.1, 0.15) is 18.1 Å². The van der Waals surface area contributed by atoms with Gasteiger partial charge in [-0.2, -0.15) is 4.98 Å². The molecule has 0 spiro atoms. The summed E-state index contributed by atoms with van der Waals surface area (Å²) in [4.78, 5) is 8.50. The predicted octanol–water partition coefficient (Wildman–Crippen LogP) is 3.19. The Labute approximate surface area is 143 Å². The van der Waals surface area contributed by atoms with E-state index < -0.39 is 18.6 Å². The van der Waals surface area contributed by atoms with Gasteiger partial charge in [0.15, 0.2) is 5.60 Å². The summed E-state index contributed by atoms with van der Waals surface area (Å²) >= 11 is 0. The minimum absolute atomic E-state index is 0.243. The maximum atomic E-state index is 12.1. The zero-order chi connectivity index (χ0) is 17.7. The highest BCUT2D eigenvalue weighted by Gasteiger charge is 2.40. The first-order valence-electron chi connectivity index (χ1n) is 7.92. The van der Waals surface area contributed by atoms with Gasteiger partial charge in [-0.25, -0.2) is 13.8 Å². The monoisotopic (exact) mass is 349 g/mol. The molecule has 1 aliphatic heterocycles. The fraction of sp³-hybridized carbons (Fsp3) is 0.471. The number of nitrogens with zero attached hydrogens (tertiary/aromatic N) is 3. The van der Waals surface area contributed by atoms with Crippen molar-refractivity contribution in [1.82, 2.24) is 15.1 Å². The lowest BCUT2D eigenvalue weighted by Crippen LogP contribution is -2.33. The van der Waals surface area contributed by atoms with Gasteiger partial charge < -0.3 is 14.0 Å². The van der Waals surface area contributed by atoms with Crippen molar-refractivity contribution in [3.05, 3.63) is 24.2 Å². The first-order chi connectivity index (χ1) is 12.1. The van der Waals surface area contributed by atoms with Gasteiger partial charge in [-0.1, -0.05) is 5.16 Å². The van der Waals surface area contributed by atoms with E-state index in [9.17, 15) is 8.78 Å². The van der Waals surface area contributed by atoms with Crippen LogP contribution in [0.15, 0.2) is 22.9 Å². The van der Waals surface area contributed by atoms with E-state index >= 15 is 0 Å². The van der Waals surface area contributed by atoms with Gasteiger partial charge in [0.25, 0.3) is 12.3 Å². The van der Waals surface area contributed by atoms with Crippen LogP contribution in [0.5, 0.6) is 5.75 Å². The summed E-state index contributed by atoms with van der Waals surface area (Å²) in [5.41, 5.74) is -0.315. The number of hydrogen-bond donors (Lipinski definition) is 0.